The number of hydrogen-bond donors (Lipinski definition) is 0. The van der Waals surface area contributed by atoms with Crippen molar-refractivity contribution in [2.75, 3.05) is 0 Å². The third-order valence-electron chi connectivity index (χ3n) is 6.70. The van der Waals surface area contributed by atoms with Gasteiger partial charge in [0.05, 0.1) is 5.56 Å². The van der Waals surface area contributed by atoms with Crippen LogP contribution in [0.3, 0.4) is 0 Å². The number of aryl methyl sites for hydroxylation is 1. The second-order valence-electron chi connectivity index (χ2n) is 9.00. The first-order valence-corrected chi connectivity index (χ1v) is 12.6. The van der Waals surface area contributed by atoms with Crippen LogP contribution in [0.5, 0.6) is 0 Å². The van der Waals surface area contributed by atoms with Crippen LogP contribution in [0.25, 0.3) is 11.1 Å². The summed E-state index contributed by atoms with van der Waals surface area (Å²) in [5.74, 6) is 0. The van der Waals surface area contributed by atoms with Crippen molar-refractivity contribution in [3.8, 4) is 11.1 Å². The van der Waals surface area contributed by atoms with Gasteiger partial charge >= 0.3 is 6.18 Å². The van der Waals surface area contributed by atoms with Gasteiger partial charge in [-0.15, -0.1) is 0 Å². The molecule has 0 saturated carbocycles. The van der Waals surface area contributed by atoms with Crippen molar-refractivity contribution in [2.24, 2.45) is 0 Å². The summed E-state index contributed by atoms with van der Waals surface area (Å²) in [5, 5.41) is 0. The molecule has 172 valence electrons. The molecule has 0 N–H and O–H groups in total. The molecular formula is C29H21Br2F3. The van der Waals surface area contributed by atoms with Gasteiger partial charge < -0.3 is 0 Å². The highest BCUT2D eigenvalue weighted by atomic mass is 79.9. The molecule has 0 aromatic heterocycles. The van der Waals surface area contributed by atoms with Crippen molar-refractivity contribution in [1.82, 2.24) is 0 Å². The minimum atomic E-state index is -4.35. The molecule has 0 radical (unpaired) electrons. The van der Waals surface area contributed by atoms with Gasteiger partial charge in [0, 0.05) is 14.4 Å². The fourth-order valence-corrected chi connectivity index (χ4v) is 5.82. The fourth-order valence-electron chi connectivity index (χ4n) is 5.10. The van der Waals surface area contributed by atoms with Gasteiger partial charge in [-0.2, -0.15) is 13.2 Å². The lowest BCUT2D eigenvalue weighted by Gasteiger charge is -2.33. The minimum Gasteiger partial charge on any atom is -0.166 e. The lowest BCUT2D eigenvalue weighted by molar-refractivity contribution is -0.137. The number of hydrogen-bond acceptors (Lipinski definition) is 0. The molecule has 0 amide bonds. The van der Waals surface area contributed by atoms with Crippen LogP contribution in [0.1, 0.15) is 33.4 Å². The molecule has 1 aliphatic rings. The monoisotopic (exact) mass is 584 g/mol. The van der Waals surface area contributed by atoms with E-state index in [1.165, 1.54) is 45.5 Å². The Bertz CT molecular complexity index is 1300. The maximum atomic E-state index is 13.2. The first-order chi connectivity index (χ1) is 16.2. The van der Waals surface area contributed by atoms with Gasteiger partial charge in [0.15, 0.2) is 0 Å². The van der Waals surface area contributed by atoms with Crippen molar-refractivity contribution < 1.29 is 13.2 Å². The third kappa shape index (κ3) is 4.25. The van der Waals surface area contributed by atoms with E-state index in [4.69, 9.17) is 0 Å². The molecule has 34 heavy (non-hydrogen) atoms. The van der Waals surface area contributed by atoms with Crippen molar-refractivity contribution >= 4 is 31.9 Å². The van der Waals surface area contributed by atoms with Gasteiger partial charge in [0.25, 0.3) is 0 Å². The van der Waals surface area contributed by atoms with Crippen molar-refractivity contribution in [3.05, 3.63) is 127 Å². The molecule has 0 unspecified atom stereocenters. The Morgan fingerprint density at radius 2 is 1.09 bits per heavy atom. The van der Waals surface area contributed by atoms with Crippen LogP contribution in [0.4, 0.5) is 13.2 Å². The highest BCUT2D eigenvalue weighted by molar-refractivity contribution is 9.10. The van der Waals surface area contributed by atoms with Crippen LogP contribution in [-0.4, -0.2) is 0 Å². The summed E-state index contributed by atoms with van der Waals surface area (Å²) in [4.78, 5) is 0. The standard InChI is InChI=1S/C29H21Br2F3/c1-18-2-4-19(5-3-18)16-28(17-20-6-8-21(9-7-20)29(32,33)34)26-14-22(30)10-12-24(26)25-13-11-23(31)15-27(25)28/h2-15H,16-17H2,1H3. The van der Waals surface area contributed by atoms with E-state index < -0.39 is 17.2 Å². The summed E-state index contributed by atoms with van der Waals surface area (Å²) in [6, 6.07) is 26.8. The number of alkyl halides is 3. The molecular weight excluding hydrogens is 565 g/mol. The maximum absolute atomic E-state index is 13.2. The Morgan fingerprint density at radius 3 is 1.53 bits per heavy atom. The fraction of sp³-hybridized carbons (Fsp3) is 0.172. The van der Waals surface area contributed by atoms with E-state index in [0.29, 0.717) is 6.42 Å². The molecule has 0 atom stereocenters. The lowest BCUT2D eigenvalue weighted by Crippen LogP contribution is -2.31. The topological polar surface area (TPSA) is 0 Å². The zero-order valence-corrected chi connectivity index (χ0v) is 21.6. The Kier molecular flexibility index (Phi) is 5.97. The summed E-state index contributed by atoms with van der Waals surface area (Å²) < 4.78 is 41.5. The molecule has 0 heterocycles. The molecule has 5 heteroatoms. The maximum Gasteiger partial charge on any atom is 0.416 e. The first kappa shape index (κ1) is 23.4. The minimum absolute atomic E-state index is 0.423. The summed E-state index contributed by atoms with van der Waals surface area (Å²) in [6.07, 6.45) is -3.02. The molecule has 0 bridgehead atoms. The smallest absolute Gasteiger partial charge is 0.166 e. The van der Waals surface area contributed by atoms with Crippen molar-refractivity contribution in [3.63, 3.8) is 0 Å². The molecule has 5 rings (SSSR count). The molecule has 4 aromatic rings. The van der Waals surface area contributed by atoms with Crippen LogP contribution in [0, 0.1) is 6.92 Å². The second-order valence-corrected chi connectivity index (χ2v) is 10.8. The van der Waals surface area contributed by atoms with Crippen LogP contribution in [-0.2, 0) is 24.4 Å². The summed E-state index contributed by atoms with van der Waals surface area (Å²) >= 11 is 7.31. The van der Waals surface area contributed by atoms with E-state index in [1.54, 1.807) is 12.1 Å². The zero-order chi connectivity index (χ0) is 24.1. The van der Waals surface area contributed by atoms with Gasteiger partial charge in [-0.1, -0.05) is 86.0 Å². The van der Waals surface area contributed by atoms with Gasteiger partial charge in [-0.25, -0.2) is 0 Å². The first-order valence-electron chi connectivity index (χ1n) is 11.0. The molecule has 1 aliphatic carbocycles. The average Bonchev–Trinajstić information content (AvgIpc) is 3.03. The molecule has 0 spiro atoms. The van der Waals surface area contributed by atoms with Gasteiger partial charge in [-0.05, 0) is 89.5 Å². The van der Waals surface area contributed by atoms with Crippen LogP contribution in [0.2, 0.25) is 0 Å². The van der Waals surface area contributed by atoms with Gasteiger partial charge in [0.1, 0.15) is 0 Å². The Morgan fingerprint density at radius 1 is 0.647 bits per heavy atom. The largest absolute Gasteiger partial charge is 0.416 e. The Balaban J connectivity index is 1.71. The normalized spacial score (nSPS) is 14.1. The average molecular weight is 586 g/mol. The van der Waals surface area contributed by atoms with Gasteiger partial charge in [0.2, 0.25) is 0 Å². The van der Waals surface area contributed by atoms with Crippen LogP contribution < -0.4 is 0 Å². The van der Waals surface area contributed by atoms with E-state index in [-0.39, 0.29) is 0 Å². The van der Waals surface area contributed by atoms with Crippen LogP contribution in [0.15, 0.2) is 93.9 Å². The quantitative estimate of drug-likeness (QED) is 0.224. The predicted octanol–water partition coefficient (Wildman–Crippen LogP) is 9.29. The molecule has 0 aliphatic heterocycles. The third-order valence-corrected chi connectivity index (χ3v) is 7.68. The number of benzene rings is 4. The molecule has 4 aromatic carbocycles. The molecule has 0 fully saturated rings. The van der Waals surface area contributed by atoms with Crippen molar-refractivity contribution in [1.29, 1.82) is 0 Å². The summed E-state index contributed by atoms with van der Waals surface area (Å²) in [5.41, 5.74) is 6.93. The highest BCUT2D eigenvalue weighted by Gasteiger charge is 2.43. The number of rotatable bonds is 4. The van der Waals surface area contributed by atoms with E-state index >= 15 is 0 Å². The number of fused-ring (bicyclic) bond motifs is 3. The zero-order valence-electron chi connectivity index (χ0n) is 18.4. The second kappa shape index (κ2) is 8.69. The Hall–Kier alpha value is -2.37. The summed E-state index contributed by atoms with van der Waals surface area (Å²) in [6.45, 7) is 2.07. The van der Waals surface area contributed by atoms with Crippen LogP contribution >= 0.6 is 31.9 Å². The van der Waals surface area contributed by atoms with E-state index in [0.717, 1.165) is 20.9 Å². The predicted molar refractivity (Wildman–Crippen MR) is 138 cm³/mol. The highest BCUT2D eigenvalue weighted by Crippen LogP contribution is 2.53. The summed E-state index contributed by atoms with van der Waals surface area (Å²) in [7, 11) is 0. The molecule has 0 saturated heterocycles. The SMILES string of the molecule is Cc1ccc(CC2(Cc3ccc(C(F)(F)F)cc3)c3cc(Br)ccc3-c3ccc(Br)cc32)cc1. The van der Waals surface area contributed by atoms with E-state index in [1.807, 2.05) is 12.1 Å². The van der Waals surface area contributed by atoms with E-state index in [2.05, 4.69) is 87.3 Å². The molecule has 0 nitrogen and oxygen atoms in total. The van der Waals surface area contributed by atoms with E-state index in [9.17, 15) is 13.2 Å². The van der Waals surface area contributed by atoms with Gasteiger partial charge in [-0.3, -0.25) is 0 Å². The van der Waals surface area contributed by atoms with Crippen molar-refractivity contribution in [2.45, 2.75) is 31.4 Å². The lowest BCUT2D eigenvalue weighted by atomic mass is 9.69. The Labute approximate surface area is 214 Å². The number of halogens is 5.